The number of piperidine rings is 1. The van der Waals surface area contributed by atoms with Gasteiger partial charge < -0.3 is 15.5 Å². The van der Waals surface area contributed by atoms with Crippen LogP contribution in [0.3, 0.4) is 0 Å². The van der Waals surface area contributed by atoms with Crippen molar-refractivity contribution in [2.45, 2.75) is 52.0 Å². The second kappa shape index (κ2) is 10.4. The second-order valence-corrected chi connectivity index (χ2v) is 8.47. The third kappa shape index (κ3) is 5.92. The van der Waals surface area contributed by atoms with E-state index in [4.69, 9.17) is 0 Å². The SMILES string of the molecule is CCCNc1cc(N2CCCC(CCC(=O)NC(C)c3cccs3)C2)ncn1. The van der Waals surface area contributed by atoms with Gasteiger partial charge in [-0.1, -0.05) is 13.0 Å². The zero-order valence-corrected chi connectivity index (χ0v) is 17.7. The van der Waals surface area contributed by atoms with Gasteiger partial charge in [-0.3, -0.25) is 4.79 Å². The molecule has 0 aromatic carbocycles. The van der Waals surface area contributed by atoms with Gasteiger partial charge >= 0.3 is 0 Å². The molecule has 0 aliphatic carbocycles. The number of nitrogens with one attached hydrogen (secondary N) is 2. The number of hydrogen-bond donors (Lipinski definition) is 2. The molecule has 0 bridgehead atoms. The van der Waals surface area contributed by atoms with Crippen LogP contribution in [0.4, 0.5) is 11.6 Å². The lowest BCUT2D eigenvalue weighted by Gasteiger charge is -2.33. The Morgan fingerprint density at radius 2 is 2.32 bits per heavy atom. The quantitative estimate of drug-likeness (QED) is 0.658. The van der Waals surface area contributed by atoms with Crippen molar-refractivity contribution in [3.8, 4) is 0 Å². The normalized spacial score (nSPS) is 17.9. The predicted molar refractivity (Wildman–Crippen MR) is 116 cm³/mol. The molecule has 0 spiro atoms. The number of anilines is 2. The van der Waals surface area contributed by atoms with Crippen molar-refractivity contribution in [1.29, 1.82) is 0 Å². The van der Waals surface area contributed by atoms with E-state index in [-0.39, 0.29) is 11.9 Å². The molecule has 0 radical (unpaired) electrons. The van der Waals surface area contributed by atoms with Crippen molar-refractivity contribution in [2.24, 2.45) is 5.92 Å². The number of thiophene rings is 1. The highest BCUT2D eigenvalue weighted by Gasteiger charge is 2.22. The number of hydrogen-bond acceptors (Lipinski definition) is 6. The van der Waals surface area contributed by atoms with Crippen LogP contribution in [0.15, 0.2) is 29.9 Å². The van der Waals surface area contributed by atoms with Crippen LogP contribution in [-0.4, -0.2) is 35.5 Å². The van der Waals surface area contributed by atoms with Gasteiger partial charge in [0.1, 0.15) is 18.0 Å². The Hall–Kier alpha value is -2.15. The van der Waals surface area contributed by atoms with Gasteiger partial charge in [-0.05, 0) is 50.0 Å². The van der Waals surface area contributed by atoms with Gasteiger partial charge in [0.05, 0.1) is 6.04 Å². The van der Waals surface area contributed by atoms with Gasteiger partial charge in [-0.25, -0.2) is 9.97 Å². The molecule has 2 aromatic rings. The molecule has 3 rings (SSSR count). The van der Waals surface area contributed by atoms with E-state index >= 15 is 0 Å². The average molecular weight is 402 g/mol. The van der Waals surface area contributed by atoms with Crippen molar-refractivity contribution >= 4 is 28.9 Å². The molecular weight excluding hydrogens is 370 g/mol. The van der Waals surface area contributed by atoms with E-state index in [1.54, 1.807) is 17.7 Å². The average Bonchev–Trinajstić information content (AvgIpc) is 3.26. The maximum Gasteiger partial charge on any atom is 0.220 e. The van der Waals surface area contributed by atoms with Crippen LogP contribution in [-0.2, 0) is 4.79 Å². The van der Waals surface area contributed by atoms with Crippen LogP contribution in [0, 0.1) is 5.92 Å². The molecule has 28 heavy (non-hydrogen) atoms. The molecule has 2 N–H and O–H groups in total. The molecule has 0 saturated carbocycles. The van der Waals surface area contributed by atoms with Gasteiger partial charge in [0.2, 0.25) is 5.91 Å². The summed E-state index contributed by atoms with van der Waals surface area (Å²) in [6.45, 7) is 7.07. The van der Waals surface area contributed by atoms with Crippen molar-refractivity contribution in [3.05, 3.63) is 34.8 Å². The van der Waals surface area contributed by atoms with Gasteiger partial charge in [-0.2, -0.15) is 0 Å². The Balaban J connectivity index is 1.47. The fourth-order valence-corrected chi connectivity index (χ4v) is 4.37. The smallest absolute Gasteiger partial charge is 0.220 e. The predicted octanol–water partition coefficient (Wildman–Crippen LogP) is 4.23. The summed E-state index contributed by atoms with van der Waals surface area (Å²) in [7, 11) is 0. The van der Waals surface area contributed by atoms with E-state index in [1.807, 2.05) is 24.4 Å². The highest BCUT2D eigenvalue weighted by atomic mass is 32.1. The Labute approximate surface area is 171 Å². The van der Waals surface area contributed by atoms with Crippen LogP contribution in [0.2, 0.25) is 0 Å². The van der Waals surface area contributed by atoms with Crippen LogP contribution in [0.5, 0.6) is 0 Å². The van der Waals surface area contributed by atoms with E-state index in [1.165, 1.54) is 11.3 Å². The van der Waals surface area contributed by atoms with E-state index in [0.717, 1.165) is 50.5 Å². The maximum atomic E-state index is 12.3. The molecule has 1 aliphatic heterocycles. The molecule has 1 fully saturated rings. The standard InChI is InChI=1S/C21H31N5OS/c1-3-10-22-19-13-20(24-15-23-19)26-11-4-6-17(14-26)8-9-21(27)25-16(2)18-7-5-12-28-18/h5,7,12-13,15-17H,3-4,6,8-11,14H2,1-2H3,(H,25,27)(H,22,23,24). The van der Waals surface area contributed by atoms with Crippen molar-refractivity contribution in [3.63, 3.8) is 0 Å². The zero-order chi connectivity index (χ0) is 19.8. The summed E-state index contributed by atoms with van der Waals surface area (Å²) in [6.07, 6.45) is 6.53. The Bertz CT molecular complexity index is 736. The highest BCUT2D eigenvalue weighted by Crippen LogP contribution is 2.26. The fourth-order valence-electron chi connectivity index (χ4n) is 3.64. The van der Waals surface area contributed by atoms with Gasteiger partial charge in [0.15, 0.2) is 0 Å². The fraction of sp³-hybridized carbons (Fsp3) is 0.571. The molecule has 152 valence electrons. The molecule has 1 saturated heterocycles. The Kier molecular flexibility index (Phi) is 7.65. The van der Waals surface area contributed by atoms with Crippen LogP contribution >= 0.6 is 11.3 Å². The van der Waals surface area contributed by atoms with Crippen molar-refractivity contribution in [2.75, 3.05) is 29.9 Å². The molecular formula is C21H31N5OS. The lowest BCUT2D eigenvalue weighted by Crippen LogP contribution is -2.36. The molecule has 2 unspecified atom stereocenters. The topological polar surface area (TPSA) is 70.2 Å². The molecule has 1 aliphatic rings. The molecule has 1 amide bonds. The van der Waals surface area contributed by atoms with Crippen LogP contribution in [0.25, 0.3) is 0 Å². The van der Waals surface area contributed by atoms with Crippen LogP contribution < -0.4 is 15.5 Å². The summed E-state index contributed by atoms with van der Waals surface area (Å²) in [4.78, 5) is 24.6. The summed E-state index contributed by atoms with van der Waals surface area (Å²) in [6, 6.07) is 6.22. The first-order valence-electron chi connectivity index (χ1n) is 10.3. The minimum atomic E-state index is 0.0883. The third-order valence-corrected chi connectivity index (χ3v) is 6.23. The van der Waals surface area contributed by atoms with Crippen molar-refractivity contribution in [1.82, 2.24) is 15.3 Å². The number of rotatable bonds is 9. The molecule has 7 heteroatoms. The van der Waals surface area contributed by atoms with Gasteiger partial charge in [0, 0.05) is 37.0 Å². The number of aromatic nitrogens is 2. The van der Waals surface area contributed by atoms with Gasteiger partial charge in [-0.15, -0.1) is 11.3 Å². The largest absolute Gasteiger partial charge is 0.370 e. The number of carbonyl (C=O) groups is 1. The second-order valence-electron chi connectivity index (χ2n) is 7.49. The first-order valence-corrected chi connectivity index (χ1v) is 11.2. The van der Waals surface area contributed by atoms with E-state index < -0.39 is 0 Å². The van der Waals surface area contributed by atoms with E-state index in [9.17, 15) is 4.79 Å². The molecule has 3 heterocycles. The number of amides is 1. The lowest BCUT2D eigenvalue weighted by molar-refractivity contribution is -0.122. The molecule has 2 aromatic heterocycles. The number of nitrogens with zero attached hydrogens (tertiary/aromatic N) is 3. The summed E-state index contributed by atoms with van der Waals surface area (Å²) in [5, 5.41) is 8.49. The maximum absolute atomic E-state index is 12.3. The highest BCUT2D eigenvalue weighted by molar-refractivity contribution is 7.10. The monoisotopic (exact) mass is 401 g/mol. The number of carbonyl (C=O) groups excluding carboxylic acids is 1. The zero-order valence-electron chi connectivity index (χ0n) is 16.9. The summed E-state index contributed by atoms with van der Waals surface area (Å²) >= 11 is 1.68. The first kappa shape index (κ1) is 20.6. The van der Waals surface area contributed by atoms with E-state index in [0.29, 0.717) is 12.3 Å². The van der Waals surface area contributed by atoms with Crippen molar-refractivity contribution < 1.29 is 4.79 Å². The Morgan fingerprint density at radius 3 is 3.11 bits per heavy atom. The minimum absolute atomic E-state index is 0.0883. The summed E-state index contributed by atoms with van der Waals surface area (Å²) in [5.41, 5.74) is 0. The first-order chi connectivity index (χ1) is 13.7. The molecule has 6 nitrogen and oxygen atoms in total. The third-order valence-electron chi connectivity index (χ3n) is 5.18. The lowest BCUT2D eigenvalue weighted by atomic mass is 9.93. The van der Waals surface area contributed by atoms with E-state index in [2.05, 4.69) is 38.5 Å². The summed E-state index contributed by atoms with van der Waals surface area (Å²) < 4.78 is 0. The van der Waals surface area contributed by atoms with Crippen LogP contribution in [0.1, 0.15) is 56.9 Å². The minimum Gasteiger partial charge on any atom is -0.370 e. The molecule has 2 atom stereocenters. The van der Waals surface area contributed by atoms with Gasteiger partial charge in [0.25, 0.3) is 0 Å². The Morgan fingerprint density at radius 1 is 1.43 bits per heavy atom. The summed E-state index contributed by atoms with van der Waals surface area (Å²) in [5.74, 6) is 2.54.